The van der Waals surface area contributed by atoms with Gasteiger partial charge in [0.2, 0.25) is 0 Å². The Balaban J connectivity index is 0.00000256. The highest BCUT2D eigenvalue weighted by Gasteiger charge is 2.19. The van der Waals surface area contributed by atoms with E-state index in [2.05, 4.69) is 31.9 Å². The minimum Gasteiger partial charge on any atom is -0.506 e. The zero-order valence-corrected chi connectivity index (χ0v) is 13.1. The first-order chi connectivity index (χ1) is 7.52. The topological polar surface area (TPSA) is 75.7 Å². The van der Waals surface area contributed by atoms with Gasteiger partial charge in [0.05, 0.1) is 11.6 Å². The van der Waals surface area contributed by atoms with Gasteiger partial charge in [-0.25, -0.2) is 0 Å². The third-order valence-electron chi connectivity index (χ3n) is 2.22. The maximum Gasteiger partial charge on any atom is 0.150 e. The fourth-order valence-electron chi connectivity index (χ4n) is 1.37. The fraction of sp³-hybridized carbons (Fsp3) is 0.400. The third kappa shape index (κ3) is 3.72. The van der Waals surface area contributed by atoms with Crippen LogP contribution in [0.25, 0.3) is 0 Å². The van der Waals surface area contributed by atoms with Crippen molar-refractivity contribution in [2.75, 3.05) is 13.7 Å². The van der Waals surface area contributed by atoms with Crippen molar-refractivity contribution in [2.24, 2.45) is 5.73 Å². The molecule has 0 aromatic heterocycles. The minimum atomic E-state index is -0.413. The fourth-order valence-corrected chi connectivity index (χ4v) is 2.85. The molecule has 0 bridgehead atoms. The highest BCUT2D eigenvalue weighted by molar-refractivity contribution is 9.11. The van der Waals surface area contributed by atoms with Crippen LogP contribution >= 0.6 is 44.3 Å². The van der Waals surface area contributed by atoms with Crippen molar-refractivity contribution in [2.45, 2.75) is 12.5 Å². The molecule has 0 saturated heterocycles. The molecule has 17 heavy (non-hydrogen) atoms. The Kier molecular flexibility index (Phi) is 7.43. The first kappa shape index (κ1) is 17.0. The second-order valence-electron chi connectivity index (χ2n) is 3.26. The molecule has 1 aromatic rings. The molecule has 0 spiro atoms. The predicted molar refractivity (Wildman–Crippen MR) is 75.9 cm³/mol. The maximum atomic E-state index is 9.92. The van der Waals surface area contributed by atoms with Crippen LogP contribution in [-0.2, 0) is 0 Å². The number of phenols is 1. The van der Waals surface area contributed by atoms with Gasteiger partial charge < -0.3 is 20.7 Å². The lowest BCUT2D eigenvalue weighted by Crippen LogP contribution is -2.12. The van der Waals surface area contributed by atoms with E-state index in [1.807, 2.05) is 0 Å². The van der Waals surface area contributed by atoms with Crippen LogP contribution in [0, 0.1) is 0 Å². The largest absolute Gasteiger partial charge is 0.506 e. The van der Waals surface area contributed by atoms with Gasteiger partial charge in [0.15, 0.2) is 5.75 Å². The summed E-state index contributed by atoms with van der Waals surface area (Å²) >= 11 is 6.57. The second-order valence-corrected chi connectivity index (χ2v) is 4.91. The van der Waals surface area contributed by atoms with Gasteiger partial charge in [0.1, 0.15) is 10.2 Å². The van der Waals surface area contributed by atoms with Crippen LogP contribution in [0.1, 0.15) is 18.0 Å². The molecule has 0 aliphatic heterocycles. The van der Waals surface area contributed by atoms with E-state index in [1.165, 1.54) is 7.11 Å². The summed E-state index contributed by atoms with van der Waals surface area (Å²) in [5.41, 5.74) is 6.40. The molecule has 0 fully saturated rings. The van der Waals surface area contributed by atoms with Crippen molar-refractivity contribution in [1.29, 1.82) is 0 Å². The summed E-state index contributed by atoms with van der Waals surface area (Å²) in [7, 11) is 1.51. The van der Waals surface area contributed by atoms with Gasteiger partial charge in [0, 0.05) is 18.2 Å². The zero-order chi connectivity index (χ0) is 12.3. The van der Waals surface area contributed by atoms with E-state index in [9.17, 15) is 5.11 Å². The Bertz CT molecular complexity index is 390. The third-order valence-corrected chi connectivity index (χ3v) is 3.55. The van der Waals surface area contributed by atoms with Gasteiger partial charge in [0.25, 0.3) is 0 Å². The van der Waals surface area contributed by atoms with Gasteiger partial charge in [-0.1, -0.05) is 0 Å². The molecule has 7 heteroatoms. The molecule has 0 saturated carbocycles. The molecule has 0 aliphatic rings. The molecule has 1 atom stereocenters. The number of halogens is 3. The normalized spacial score (nSPS) is 11.8. The van der Waals surface area contributed by atoms with Gasteiger partial charge in [-0.3, -0.25) is 0 Å². The van der Waals surface area contributed by atoms with E-state index in [4.69, 9.17) is 15.6 Å². The standard InChI is InChI=1S/C10H13Br2NO3.ClH/c1-16-10-6(11)4-5(7(13)2-3-14)9(15)8(10)12;/h4,7,14-15H,2-3,13H2,1H3;1H. The van der Waals surface area contributed by atoms with Crippen LogP contribution in [0.4, 0.5) is 0 Å². The van der Waals surface area contributed by atoms with Crippen molar-refractivity contribution in [3.8, 4) is 11.5 Å². The molecule has 1 unspecified atom stereocenters. The molecule has 4 nitrogen and oxygen atoms in total. The molecule has 0 aliphatic carbocycles. The molecule has 1 aromatic carbocycles. The average molecular weight is 391 g/mol. The number of aromatic hydroxyl groups is 1. The number of benzene rings is 1. The highest BCUT2D eigenvalue weighted by atomic mass is 79.9. The van der Waals surface area contributed by atoms with E-state index < -0.39 is 6.04 Å². The average Bonchev–Trinajstić information content (AvgIpc) is 2.24. The van der Waals surface area contributed by atoms with E-state index in [-0.39, 0.29) is 24.8 Å². The van der Waals surface area contributed by atoms with Crippen molar-refractivity contribution in [1.82, 2.24) is 0 Å². The number of aliphatic hydroxyl groups is 1. The lowest BCUT2D eigenvalue weighted by Gasteiger charge is -2.16. The van der Waals surface area contributed by atoms with E-state index in [1.54, 1.807) is 6.07 Å². The summed E-state index contributed by atoms with van der Waals surface area (Å²) in [6.07, 6.45) is 0.388. The number of aliphatic hydroxyl groups excluding tert-OH is 1. The number of hydrogen-bond donors (Lipinski definition) is 3. The first-order valence-electron chi connectivity index (χ1n) is 4.64. The van der Waals surface area contributed by atoms with E-state index >= 15 is 0 Å². The quantitative estimate of drug-likeness (QED) is 0.738. The number of hydrogen-bond acceptors (Lipinski definition) is 4. The second kappa shape index (κ2) is 7.43. The van der Waals surface area contributed by atoms with Crippen molar-refractivity contribution in [3.05, 3.63) is 20.6 Å². The van der Waals surface area contributed by atoms with E-state index in [0.29, 0.717) is 26.7 Å². The monoisotopic (exact) mass is 389 g/mol. The number of methoxy groups -OCH3 is 1. The Morgan fingerprint density at radius 2 is 2.06 bits per heavy atom. The number of rotatable bonds is 4. The summed E-state index contributed by atoms with van der Waals surface area (Å²) in [6, 6.07) is 1.28. The highest BCUT2D eigenvalue weighted by Crippen LogP contribution is 2.43. The summed E-state index contributed by atoms with van der Waals surface area (Å²) in [5.74, 6) is 0.554. The van der Waals surface area contributed by atoms with Crippen LogP contribution in [0.3, 0.4) is 0 Å². The summed E-state index contributed by atoms with van der Waals surface area (Å²) in [6.45, 7) is -0.0259. The Morgan fingerprint density at radius 1 is 1.47 bits per heavy atom. The molecule has 1 rings (SSSR count). The molecule has 98 valence electrons. The van der Waals surface area contributed by atoms with E-state index in [0.717, 1.165) is 0 Å². The summed E-state index contributed by atoms with van der Waals surface area (Å²) < 4.78 is 6.26. The van der Waals surface area contributed by atoms with Crippen LogP contribution in [0.2, 0.25) is 0 Å². The summed E-state index contributed by atoms with van der Waals surface area (Å²) in [4.78, 5) is 0. The molecular formula is C10H14Br2ClNO3. The lowest BCUT2D eigenvalue weighted by molar-refractivity contribution is 0.275. The maximum absolute atomic E-state index is 9.92. The molecular weight excluding hydrogens is 377 g/mol. The number of ether oxygens (including phenoxy) is 1. The van der Waals surface area contributed by atoms with Crippen molar-refractivity contribution in [3.63, 3.8) is 0 Å². The predicted octanol–water partition coefficient (Wildman–Crippen LogP) is 2.73. The molecule has 0 heterocycles. The molecule has 0 radical (unpaired) electrons. The van der Waals surface area contributed by atoms with Crippen LogP contribution in [0.5, 0.6) is 11.5 Å². The SMILES string of the molecule is COc1c(Br)cc(C(N)CCO)c(O)c1Br.Cl. The van der Waals surface area contributed by atoms with Gasteiger partial charge >= 0.3 is 0 Å². The number of nitrogens with two attached hydrogens (primary N) is 1. The molecule has 0 amide bonds. The Hall–Kier alpha value is -0.0100. The summed E-state index contributed by atoms with van der Waals surface area (Å²) in [5, 5.41) is 18.7. The van der Waals surface area contributed by atoms with Crippen molar-refractivity contribution >= 4 is 44.3 Å². The Labute approximate surface area is 123 Å². The lowest BCUT2D eigenvalue weighted by atomic mass is 10.0. The van der Waals surface area contributed by atoms with Crippen LogP contribution in [-0.4, -0.2) is 23.9 Å². The smallest absolute Gasteiger partial charge is 0.150 e. The van der Waals surface area contributed by atoms with Gasteiger partial charge in [-0.15, -0.1) is 12.4 Å². The van der Waals surface area contributed by atoms with Crippen molar-refractivity contribution < 1.29 is 14.9 Å². The van der Waals surface area contributed by atoms with Crippen LogP contribution in [0.15, 0.2) is 15.0 Å². The molecule has 4 N–H and O–H groups in total. The first-order valence-corrected chi connectivity index (χ1v) is 6.22. The Morgan fingerprint density at radius 3 is 2.53 bits per heavy atom. The minimum absolute atomic E-state index is 0. The van der Waals surface area contributed by atoms with Crippen LogP contribution < -0.4 is 10.5 Å². The van der Waals surface area contributed by atoms with Gasteiger partial charge in [-0.05, 0) is 44.3 Å². The number of phenolic OH excluding ortho intramolecular Hbond substituents is 1. The zero-order valence-electron chi connectivity index (χ0n) is 9.11. The van der Waals surface area contributed by atoms with Gasteiger partial charge in [-0.2, -0.15) is 0 Å².